The van der Waals surface area contributed by atoms with Gasteiger partial charge in [0.1, 0.15) is 37.1 Å². The van der Waals surface area contributed by atoms with Crippen LogP contribution in [-0.2, 0) is 73.3 Å². The van der Waals surface area contributed by atoms with Crippen LogP contribution in [0.2, 0.25) is 0 Å². The van der Waals surface area contributed by atoms with Gasteiger partial charge in [0, 0.05) is 49.9 Å². The maximum absolute atomic E-state index is 13.7. The minimum atomic E-state index is -1.28. The number of amides is 8. The van der Waals surface area contributed by atoms with E-state index in [1.165, 1.54) is 12.1 Å². The van der Waals surface area contributed by atoms with E-state index in [2.05, 4.69) is 42.5 Å². The van der Waals surface area contributed by atoms with Crippen LogP contribution in [0.3, 0.4) is 0 Å². The predicted molar refractivity (Wildman–Crippen MR) is 315 cm³/mol. The largest absolute Gasteiger partial charge is 0.508 e. The Bertz CT molecular complexity index is 2200. The second-order valence-corrected chi connectivity index (χ2v) is 22.0. The highest BCUT2D eigenvalue weighted by Gasteiger charge is 2.42. The van der Waals surface area contributed by atoms with Crippen LogP contribution in [0.5, 0.6) is 5.75 Å². The number of carboxylic acids is 1. The van der Waals surface area contributed by atoms with Crippen molar-refractivity contribution in [3.05, 3.63) is 29.8 Å². The summed E-state index contributed by atoms with van der Waals surface area (Å²) in [6, 6.07) is 3.20. The number of rotatable bonds is 50. The summed E-state index contributed by atoms with van der Waals surface area (Å²) >= 11 is 1.84. The first-order valence-corrected chi connectivity index (χ1v) is 31.0. The zero-order valence-electron chi connectivity index (χ0n) is 49.1. The number of phenols is 1. The van der Waals surface area contributed by atoms with E-state index in [9.17, 15) is 58.2 Å². The lowest BCUT2D eigenvalue weighted by Gasteiger charge is -2.25. The molecule has 85 heavy (non-hydrogen) atoms. The summed E-state index contributed by atoms with van der Waals surface area (Å²) in [5.41, 5.74) is 12.1. The van der Waals surface area contributed by atoms with Crippen molar-refractivity contribution in [3.8, 4) is 5.75 Å². The second-order valence-electron chi connectivity index (χ2n) is 20.7. The van der Waals surface area contributed by atoms with Crippen LogP contribution >= 0.6 is 11.8 Å². The van der Waals surface area contributed by atoms with Gasteiger partial charge in [-0.25, -0.2) is 9.59 Å². The normalized spacial score (nSPS) is 16.1. The molecule has 0 bridgehead atoms. The first-order chi connectivity index (χ1) is 41.1. The minimum Gasteiger partial charge on any atom is -0.508 e. The van der Waals surface area contributed by atoms with Crippen LogP contribution in [0, 0.1) is 0 Å². The summed E-state index contributed by atoms with van der Waals surface area (Å²) < 4.78 is 26.6. The van der Waals surface area contributed by atoms with Gasteiger partial charge >= 0.3 is 23.9 Å². The summed E-state index contributed by atoms with van der Waals surface area (Å²) in [6.45, 7) is 2.79. The number of carboxylic acid groups (broad SMARTS) is 1. The average molecular weight is 1220 g/mol. The smallest absolute Gasteiger partial charge is 0.326 e. The number of carbonyl (C=O) groups excluding carboxylic acids is 9. The molecule has 0 saturated carbocycles. The van der Waals surface area contributed by atoms with Crippen molar-refractivity contribution in [2.24, 2.45) is 11.5 Å². The molecule has 2 fully saturated rings. The van der Waals surface area contributed by atoms with Gasteiger partial charge in [-0.1, -0.05) is 25.0 Å². The molecule has 1 aromatic rings. The number of fused-ring (bicyclic) bond motifs is 1. The predicted octanol–water partition coefficient (Wildman–Crippen LogP) is 0.843. The van der Waals surface area contributed by atoms with Gasteiger partial charge in [0.05, 0.1) is 71.0 Å². The Hall–Kier alpha value is -6.33. The van der Waals surface area contributed by atoms with E-state index in [0.29, 0.717) is 94.8 Å². The number of aromatic hydroxyl groups is 1. The molecule has 2 aliphatic heterocycles. The molecule has 0 aromatic heterocycles. The van der Waals surface area contributed by atoms with Crippen molar-refractivity contribution < 1.29 is 81.8 Å². The molecule has 8 amide bonds. The van der Waals surface area contributed by atoms with E-state index in [-0.39, 0.29) is 152 Å². The molecule has 0 radical (unpaired) electrons. The number of unbranched alkanes of at least 4 members (excludes halogenated alkanes) is 6. The molecule has 1 aromatic carbocycles. The first-order valence-electron chi connectivity index (χ1n) is 29.9. The Morgan fingerprint density at radius 2 is 1.09 bits per heavy atom. The number of thioether (sulfide) groups is 1. The van der Waals surface area contributed by atoms with Crippen molar-refractivity contribution in [2.45, 2.75) is 170 Å². The van der Waals surface area contributed by atoms with E-state index < -0.39 is 53.8 Å². The lowest BCUT2D eigenvalue weighted by atomic mass is 10.0. The molecule has 3 rings (SSSR count). The number of carbonyl (C=O) groups is 10. The van der Waals surface area contributed by atoms with Crippen molar-refractivity contribution in [3.63, 3.8) is 0 Å². The summed E-state index contributed by atoms with van der Waals surface area (Å²) in [5, 5.41) is 42.0. The van der Waals surface area contributed by atoms with E-state index in [0.717, 1.165) is 31.4 Å². The van der Waals surface area contributed by atoms with Crippen molar-refractivity contribution in [2.75, 3.05) is 91.3 Å². The molecule has 0 spiro atoms. The highest BCUT2D eigenvalue weighted by molar-refractivity contribution is 8.00. The fourth-order valence-electron chi connectivity index (χ4n) is 9.11. The maximum Gasteiger partial charge on any atom is 0.326 e. The Labute approximate surface area is 502 Å². The van der Waals surface area contributed by atoms with E-state index >= 15 is 0 Å². The lowest BCUT2D eigenvalue weighted by Crippen LogP contribution is -2.55. The molecule has 0 aliphatic carbocycles. The summed E-state index contributed by atoms with van der Waals surface area (Å²) in [7, 11) is 0. The Balaban J connectivity index is 1.21. The highest BCUT2D eigenvalue weighted by atomic mass is 32.2. The summed E-state index contributed by atoms with van der Waals surface area (Å²) in [4.78, 5) is 125. The van der Waals surface area contributed by atoms with Crippen molar-refractivity contribution >= 4 is 71.1 Å². The number of ether oxygens (including phenoxy) is 5. The van der Waals surface area contributed by atoms with Gasteiger partial charge in [0.15, 0.2) is 0 Å². The zero-order chi connectivity index (χ0) is 61.9. The topological polar surface area (TPSA) is 406 Å². The van der Waals surface area contributed by atoms with Crippen LogP contribution in [0.15, 0.2) is 24.3 Å². The van der Waals surface area contributed by atoms with Gasteiger partial charge < -0.3 is 87.9 Å². The fraction of sp³-hybridized carbons (Fsp3) is 0.719. The number of urea groups is 1. The number of hydrogen-bond acceptors (Lipinski definition) is 19. The lowest BCUT2D eigenvalue weighted by molar-refractivity contribution is -0.146. The highest BCUT2D eigenvalue weighted by Crippen LogP contribution is 2.33. The third kappa shape index (κ3) is 34.4. The molecule has 0 unspecified atom stereocenters. The molecule has 27 nitrogen and oxygen atoms in total. The second kappa shape index (κ2) is 45.1. The van der Waals surface area contributed by atoms with Crippen molar-refractivity contribution in [1.29, 1.82) is 0 Å². The SMILES string of the molecule is NCCCC[C@H](NC(=O)CCC(=O)OCCOCCOCCOCCOC(=O)CCNC(=O)CCCC[C@@H]1SC[C@@H]2NC(=O)N[C@@H]21)C(=O)N[C@@H](CCCCN)C(=O)N[C@@H](CCCCNC(=O)CCCCCNC(=O)Cc1cccc(O)c1)C(=O)O. The average Bonchev–Trinajstić information content (AvgIpc) is 4.17. The number of aliphatic carboxylic acids is 1. The number of hydrogen-bond donors (Lipinski definition) is 12. The molecule has 2 saturated heterocycles. The molecule has 28 heteroatoms. The molecular weight excluding hydrogens is 1130 g/mol. The molecule has 2 heterocycles. The molecule has 480 valence electrons. The summed E-state index contributed by atoms with van der Waals surface area (Å²) in [5.74, 6) is -3.82. The molecule has 6 atom stereocenters. The quantitative estimate of drug-likeness (QED) is 0.0244. The number of nitrogens with two attached hydrogens (primary N) is 2. The third-order valence-electron chi connectivity index (χ3n) is 13.7. The van der Waals surface area contributed by atoms with Gasteiger partial charge in [-0.3, -0.25) is 38.4 Å². The summed E-state index contributed by atoms with van der Waals surface area (Å²) in [6.07, 6.45) is 8.01. The monoisotopic (exact) mass is 1220 g/mol. The van der Waals surface area contributed by atoms with E-state index in [1.807, 2.05) is 11.8 Å². The Morgan fingerprint density at radius 1 is 0.565 bits per heavy atom. The molecular formula is C57H94N10O17S. The van der Waals surface area contributed by atoms with E-state index in [1.54, 1.807) is 12.1 Å². The van der Waals surface area contributed by atoms with Crippen LogP contribution in [0.1, 0.15) is 134 Å². The fourth-order valence-corrected chi connectivity index (χ4v) is 10.7. The zero-order valence-corrected chi connectivity index (χ0v) is 49.9. The number of phenolic OH excluding ortho intramolecular Hbond substituents is 1. The first kappa shape index (κ1) is 72.9. The van der Waals surface area contributed by atoms with Crippen LogP contribution in [0.25, 0.3) is 0 Å². The van der Waals surface area contributed by atoms with Crippen LogP contribution in [-0.4, -0.2) is 196 Å². The Morgan fingerprint density at radius 3 is 1.71 bits per heavy atom. The molecule has 2 aliphatic rings. The van der Waals surface area contributed by atoms with Crippen LogP contribution in [0.4, 0.5) is 4.79 Å². The van der Waals surface area contributed by atoms with E-state index in [4.69, 9.17) is 35.2 Å². The number of esters is 2. The van der Waals surface area contributed by atoms with Gasteiger partial charge in [-0.2, -0.15) is 11.8 Å². The number of benzene rings is 1. The van der Waals surface area contributed by atoms with Crippen molar-refractivity contribution in [1.82, 2.24) is 42.5 Å². The van der Waals surface area contributed by atoms with Gasteiger partial charge in [0.25, 0.3) is 0 Å². The van der Waals surface area contributed by atoms with Gasteiger partial charge in [0.2, 0.25) is 35.4 Å². The number of nitrogens with one attached hydrogen (secondary N) is 8. The third-order valence-corrected chi connectivity index (χ3v) is 15.2. The minimum absolute atomic E-state index is 0.0431. The van der Waals surface area contributed by atoms with Gasteiger partial charge in [-0.05, 0) is 114 Å². The standard InChI is InChI=1S/C57H94N10O17S/c58-24-8-5-15-42(54(75)64-43(16-6-9-25-59)55(76)65-44(56(77)78)17-7-11-27-60-47(69)19-2-1-10-26-61-50(72)38-40-13-12-14-41(68)37-40)63-49(71)21-22-51(73)83-35-33-81-31-29-80-30-32-82-34-36-84-52(74)23-28-62-48(70)20-4-3-18-46-53-45(39-85-46)66-57(79)67-53/h12-14,37,42-46,53,68H,1-11,15-36,38-39,58-59H2,(H,60,69)(H,61,72)(H,62,70)(H,63,71)(H,64,75)(H,65,76)(H,77,78)(H2,66,67,79)/t42-,43-,44-,45-,46-,53-/m0/s1. The molecule has 14 N–H and O–H groups in total. The maximum atomic E-state index is 13.7. The van der Waals surface area contributed by atoms with Crippen LogP contribution < -0.4 is 54.0 Å². The Kier molecular flexibility index (Phi) is 38.7. The van der Waals surface area contributed by atoms with Gasteiger partial charge in [-0.15, -0.1) is 0 Å².